The van der Waals surface area contributed by atoms with Gasteiger partial charge in [-0.2, -0.15) is 0 Å². The number of nitrogens with zero attached hydrogens (tertiary/aromatic N) is 2. The Morgan fingerprint density at radius 2 is 1.71 bits per heavy atom. The second kappa shape index (κ2) is 10.4. The van der Waals surface area contributed by atoms with E-state index in [1.165, 1.54) is 23.8 Å². The van der Waals surface area contributed by atoms with E-state index in [1.54, 1.807) is 6.92 Å². The smallest absolute Gasteiger partial charge is 0.311 e. The van der Waals surface area contributed by atoms with Gasteiger partial charge < -0.3 is 10.1 Å². The van der Waals surface area contributed by atoms with Gasteiger partial charge in [0, 0.05) is 24.7 Å². The second-order valence-corrected chi connectivity index (χ2v) is 6.33. The molecule has 0 spiro atoms. The molecule has 0 aromatic heterocycles. The van der Waals surface area contributed by atoms with E-state index in [2.05, 4.69) is 36.2 Å². The Hall–Kier alpha value is -2.93. The Kier molecular flexibility index (Phi) is 7.95. The molecule has 2 rings (SSSR count). The van der Waals surface area contributed by atoms with Crippen LogP contribution in [0.25, 0.3) is 0 Å². The molecule has 0 unspecified atom stereocenters. The SMILES string of the molecule is CCOc1ccc(C(=O)NCc2ccc(CN(CC)CC)cc2)cc1[N+](=O)[O-]. The van der Waals surface area contributed by atoms with E-state index >= 15 is 0 Å². The molecule has 0 radical (unpaired) electrons. The average Bonchev–Trinajstić information content (AvgIpc) is 2.71. The molecule has 7 heteroatoms. The van der Waals surface area contributed by atoms with Crippen LogP contribution in [0.2, 0.25) is 0 Å². The van der Waals surface area contributed by atoms with Gasteiger partial charge in [0.15, 0.2) is 5.75 Å². The molecule has 0 aliphatic heterocycles. The lowest BCUT2D eigenvalue weighted by molar-refractivity contribution is -0.385. The molecule has 0 saturated heterocycles. The van der Waals surface area contributed by atoms with Crippen molar-refractivity contribution in [1.82, 2.24) is 10.2 Å². The van der Waals surface area contributed by atoms with Crippen LogP contribution in [-0.2, 0) is 13.1 Å². The number of nitro benzene ring substituents is 1. The van der Waals surface area contributed by atoms with E-state index in [0.717, 1.165) is 25.2 Å². The summed E-state index contributed by atoms with van der Waals surface area (Å²) in [6.07, 6.45) is 0. The molecule has 2 aromatic carbocycles. The number of hydrogen-bond acceptors (Lipinski definition) is 5. The van der Waals surface area contributed by atoms with Crippen molar-refractivity contribution in [3.05, 3.63) is 69.3 Å². The van der Waals surface area contributed by atoms with Gasteiger partial charge in [-0.25, -0.2) is 0 Å². The summed E-state index contributed by atoms with van der Waals surface area (Å²) in [4.78, 5) is 25.3. The topological polar surface area (TPSA) is 84.7 Å². The molecular formula is C21H27N3O4. The molecule has 0 saturated carbocycles. The van der Waals surface area contributed by atoms with Crippen molar-refractivity contribution < 1.29 is 14.5 Å². The first kappa shape index (κ1) is 21.4. The summed E-state index contributed by atoms with van der Waals surface area (Å²) >= 11 is 0. The van der Waals surface area contributed by atoms with Crippen molar-refractivity contribution in [3.8, 4) is 5.75 Å². The van der Waals surface area contributed by atoms with Crippen LogP contribution in [0.4, 0.5) is 5.69 Å². The third-order valence-corrected chi connectivity index (χ3v) is 4.49. The molecule has 0 aliphatic rings. The zero-order valence-corrected chi connectivity index (χ0v) is 16.6. The number of carbonyl (C=O) groups is 1. The van der Waals surface area contributed by atoms with Crippen LogP contribution in [-0.4, -0.2) is 35.4 Å². The van der Waals surface area contributed by atoms with Crippen LogP contribution in [0.1, 0.15) is 42.3 Å². The molecule has 0 bridgehead atoms. The van der Waals surface area contributed by atoms with Crippen molar-refractivity contribution >= 4 is 11.6 Å². The zero-order chi connectivity index (χ0) is 20.5. The Bertz CT molecular complexity index is 802. The van der Waals surface area contributed by atoms with E-state index in [0.29, 0.717) is 13.2 Å². The highest BCUT2D eigenvalue weighted by atomic mass is 16.6. The lowest BCUT2D eigenvalue weighted by Gasteiger charge is -2.18. The zero-order valence-electron chi connectivity index (χ0n) is 16.6. The maximum absolute atomic E-state index is 12.4. The van der Waals surface area contributed by atoms with Gasteiger partial charge in [-0.1, -0.05) is 38.1 Å². The van der Waals surface area contributed by atoms with Crippen molar-refractivity contribution in [2.75, 3.05) is 19.7 Å². The van der Waals surface area contributed by atoms with Crippen LogP contribution in [0, 0.1) is 10.1 Å². The summed E-state index contributed by atoms with van der Waals surface area (Å²) in [5.74, 6) is -0.203. The highest BCUT2D eigenvalue weighted by Crippen LogP contribution is 2.28. The normalized spacial score (nSPS) is 10.7. The molecule has 150 valence electrons. The molecule has 0 heterocycles. The number of benzene rings is 2. The standard InChI is InChI=1S/C21H27N3O4/c1-4-23(5-2)15-17-9-7-16(8-10-17)14-22-21(25)18-11-12-20(28-6-3)19(13-18)24(26)27/h7-13H,4-6,14-15H2,1-3H3,(H,22,25). The summed E-state index contributed by atoms with van der Waals surface area (Å²) in [7, 11) is 0. The van der Waals surface area contributed by atoms with Crippen LogP contribution < -0.4 is 10.1 Å². The number of ether oxygens (including phenoxy) is 1. The number of hydrogen-bond donors (Lipinski definition) is 1. The Morgan fingerprint density at radius 3 is 2.29 bits per heavy atom. The average molecular weight is 385 g/mol. The van der Waals surface area contributed by atoms with E-state index in [4.69, 9.17) is 4.74 Å². The number of amides is 1. The van der Waals surface area contributed by atoms with Crippen LogP contribution >= 0.6 is 0 Å². The van der Waals surface area contributed by atoms with Gasteiger partial charge in [-0.3, -0.25) is 19.8 Å². The predicted molar refractivity (Wildman–Crippen MR) is 109 cm³/mol. The maximum Gasteiger partial charge on any atom is 0.311 e. The third-order valence-electron chi connectivity index (χ3n) is 4.49. The van der Waals surface area contributed by atoms with E-state index in [1.807, 2.05) is 12.1 Å². The minimum Gasteiger partial charge on any atom is -0.487 e. The fourth-order valence-corrected chi connectivity index (χ4v) is 2.83. The quantitative estimate of drug-likeness (QED) is 0.497. The molecule has 28 heavy (non-hydrogen) atoms. The Labute approximate surface area is 165 Å². The molecule has 7 nitrogen and oxygen atoms in total. The first-order valence-corrected chi connectivity index (χ1v) is 9.48. The maximum atomic E-state index is 12.4. The number of nitro groups is 1. The van der Waals surface area contributed by atoms with Crippen molar-refractivity contribution in [2.45, 2.75) is 33.9 Å². The van der Waals surface area contributed by atoms with Gasteiger partial charge in [-0.15, -0.1) is 0 Å². The summed E-state index contributed by atoms with van der Waals surface area (Å²) < 4.78 is 5.24. The second-order valence-electron chi connectivity index (χ2n) is 6.33. The number of nitrogens with one attached hydrogen (secondary N) is 1. The highest BCUT2D eigenvalue weighted by molar-refractivity contribution is 5.95. The highest BCUT2D eigenvalue weighted by Gasteiger charge is 2.18. The van der Waals surface area contributed by atoms with Crippen LogP contribution in [0.15, 0.2) is 42.5 Å². The van der Waals surface area contributed by atoms with Crippen molar-refractivity contribution in [3.63, 3.8) is 0 Å². The lowest BCUT2D eigenvalue weighted by Crippen LogP contribution is -2.23. The molecule has 2 aromatic rings. The minimum absolute atomic E-state index is 0.160. The van der Waals surface area contributed by atoms with Gasteiger partial charge in [0.2, 0.25) is 0 Å². The van der Waals surface area contributed by atoms with Crippen LogP contribution in [0.5, 0.6) is 5.75 Å². The molecule has 1 amide bonds. The Morgan fingerprint density at radius 1 is 1.07 bits per heavy atom. The van der Waals surface area contributed by atoms with E-state index < -0.39 is 4.92 Å². The van der Waals surface area contributed by atoms with Gasteiger partial charge >= 0.3 is 5.69 Å². The number of rotatable bonds is 10. The minimum atomic E-state index is -0.545. The van der Waals surface area contributed by atoms with Crippen LogP contribution in [0.3, 0.4) is 0 Å². The fourth-order valence-electron chi connectivity index (χ4n) is 2.83. The van der Waals surface area contributed by atoms with Crippen molar-refractivity contribution in [2.24, 2.45) is 0 Å². The van der Waals surface area contributed by atoms with Gasteiger partial charge in [-0.05, 0) is 43.3 Å². The molecule has 1 N–H and O–H groups in total. The number of carbonyl (C=O) groups excluding carboxylic acids is 1. The summed E-state index contributed by atoms with van der Waals surface area (Å²) in [6, 6.07) is 12.3. The van der Waals surface area contributed by atoms with E-state index in [9.17, 15) is 14.9 Å². The monoisotopic (exact) mass is 385 g/mol. The largest absolute Gasteiger partial charge is 0.487 e. The Balaban J connectivity index is 2.00. The van der Waals surface area contributed by atoms with E-state index in [-0.39, 0.29) is 22.9 Å². The molecule has 0 atom stereocenters. The first-order chi connectivity index (χ1) is 13.5. The molecular weight excluding hydrogens is 358 g/mol. The lowest BCUT2D eigenvalue weighted by atomic mass is 10.1. The van der Waals surface area contributed by atoms with Crippen molar-refractivity contribution in [1.29, 1.82) is 0 Å². The van der Waals surface area contributed by atoms with Gasteiger partial charge in [0.1, 0.15) is 0 Å². The van der Waals surface area contributed by atoms with Gasteiger partial charge in [0.25, 0.3) is 5.91 Å². The predicted octanol–water partition coefficient (Wildman–Crippen LogP) is 3.77. The first-order valence-electron chi connectivity index (χ1n) is 9.48. The summed E-state index contributed by atoms with van der Waals surface area (Å²) in [5, 5.41) is 14.0. The third kappa shape index (κ3) is 5.79. The summed E-state index contributed by atoms with van der Waals surface area (Å²) in [5.41, 5.74) is 2.21. The fraction of sp³-hybridized carbons (Fsp3) is 0.381. The molecule has 0 aliphatic carbocycles. The van der Waals surface area contributed by atoms with Gasteiger partial charge in [0.05, 0.1) is 11.5 Å². The summed E-state index contributed by atoms with van der Waals surface area (Å²) in [6.45, 7) is 9.59. The molecule has 0 fully saturated rings.